The molecule has 0 heterocycles. The lowest BCUT2D eigenvalue weighted by Crippen LogP contribution is -2.30. The van der Waals surface area contributed by atoms with Crippen molar-refractivity contribution in [1.82, 2.24) is 0 Å². The lowest BCUT2D eigenvalue weighted by atomic mass is 9.78. The van der Waals surface area contributed by atoms with Crippen molar-refractivity contribution in [2.45, 2.75) is 0 Å². The Balaban J connectivity index is 2.62. The van der Waals surface area contributed by atoms with Crippen LogP contribution in [-0.2, 0) is 0 Å². The molecule has 0 atom stereocenters. The molecule has 108 valence electrons. The van der Waals surface area contributed by atoms with Crippen LogP contribution in [0.15, 0.2) is 42.5 Å². The van der Waals surface area contributed by atoms with E-state index in [4.69, 9.17) is 5.11 Å². The number of nitrogens with zero attached hydrogens (tertiary/aromatic N) is 1. The molecular formula is C15H16BNO4. The molecule has 2 rings (SSSR count). The number of anilines is 1. The zero-order chi connectivity index (χ0) is 15.6. The van der Waals surface area contributed by atoms with Gasteiger partial charge in [0, 0.05) is 25.3 Å². The second-order valence-electron chi connectivity index (χ2n) is 4.93. The summed E-state index contributed by atoms with van der Waals surface area (Å²) in [5.74, 6) is -0.999. The first-order valence-corrected chi connectivity index (χ1v) is 6.41. The van der Waals surface area contributed by atoms with E-state index in [2.05, 4.69) is 0 Å². The molecule has 2 aromatic carbocycles. The fraction of sp³-hybridized carbons (Fsp3) is 0.133. The van der Waals surface area contributed by atoms with Crippen molar-refractivity contribution in [2.24, 2.45) is 0 Å². The lowest BCUT2D eigenvalue weighted by Gasteiger charge is -2.19. The van der Waals surface area contributed by atoms with Gasteiger partial charge in [-0.25, -0.2) is 4.79 Å². The van der Waals surface area contributed by atoms with Gasteiger partial charge in [-0.05, 0) is 29.2 Å². The molecule has 5 nitrogen and oxygen atoms in total. The Labute approximate surface area is 123 Å². The predicted molar refractivity (Wildman–Crippen MR) is 83.0 cm³/mol. The van der Waals surface area contributed by atoms with Gasteiger partial charge in [0.25, 0.3) is 0 Å². The van der Waals surface area contributed by atoms with E-state index in [1.165, 1.54) is 6.07 Å². The maximum Gasteiger partial charge on any atom is 0.488 e. The third kappa shape index (κ3) is 3.24. The molecular weight excluding hydrogens is 269 g/mol. The van der Waals surface area contributed by atoms with Gasteiger partial charge < -0.3 is 20.1 Å². The van der Waals surface area contributed by atoms with Gasteiger partial charge in [-0.1, -0.05) is 24.3 Å². The summed E-state index contributed by atoms with van der Waals surface area (Å²) in [6.07, 6.45) is 0. The van der Waals surface area contributed by atoms with Crippen molar-refractivity contribution in [2.75, 3.05) is 19.0 Å². The number of rotatable bonds is 4. The maximum absolute atomic E-state index is 11.1. The summed E-state index contributed by atoms with van der Waals surface area (Å²) < 4.78 is 0. The number of carboxylic acids is 1. The van der Waals surface area contributed by atoms with E-state index >= 15 is 0 Å². The van der Waals surface area contributed by atoms with Crippen molar-refractivity contribution >= 4 is 24.2 Å². The van der Waals surface area contributed by atoms with E-state index in [9.17, 15) is 14.8 Å². The predicted octanol–water partition coefficient (Wildman–Crippen LogP) is 0.798. The second kappa shape index (κ2) is 5.99. The highest BCUT2D eigenvalue weighted by molar-refractivity contribution is 6.58. The first-order chi connectivity index (χ1) is 9.90. The molecule has 0 saturated carbocycles. The van der Waals surface area contributed by atoms with Gasteiger partial charge in [-0.2, -0.15) is 0 Å². The summed E-state index contributed by atoms with van der Waals surface area (Å²) >= 11 is 0. The fourth-order valence-corrected chi connectivity index (χ4v) is 2.16. The standard InChI is InChI=1S/C15H16BNO4/c1-17(2)14-7-6-12(16(20)21)9-13(14)10-4-3-5-11(8-10)15(18)19/h3-9,20-21H,1-2H3,(H,18,19). The molecule has 0 spiro atoms. The third-order valence-corrected chi connectivity index (χ3v) is 3.22. The SMILES string of the molecule is CN(C)c1ccc(B(O)O)cc1-c1cccc(C(=O)O)c1. The summed E-state index contributed by atoms with van der Waals surface area (Å²) in [6.45, 7) is 0. The van der Waals surface area contributed by atoms with Gasteiger partial charge in [0.15, 0.2) is 0 Å². The smallest absolute Gasteiger partial charge is 0.478 e. The zero-order valence-corrected chi connectivity index (χ0v) is 11.8. The molecule has 2 aromatic rings. The van der Waals surface area contributed by atoms with Gasteiger partial charge >= 0.3 is 13.1 Å². The minimum atomic E-state index is -1.57. The van der Waals surface area contributed by atoms with Crippen molar-refractivity contribution < 1.29 is 19.9 Å². The Hall–Kier alpha value is -2.31. The Morgan fingerprint density at radius 2 is 1.81 bits per heavy atom. The summed E-state index contributed by atoms with van der Waals surface area (Å²) in [6, 6.07) is 11.6. The van der Waals surface area contributed by atoms with Crippen molar-refractivity contribution in [3.8, 4) is 11.1 Å². The molecule has 6 heteroatoms. The van der Waals surface area contributed by atoms with Crippen LogP contribution in [0.5, 0.6) is 0 Å². The monoisotopic (exact) mass is 285 g/mol. The highest BCUT2D eigenvalue weighted by atomic mass is 16.4. The number of carboxylic acid groups (broad SMARTS) is 1. The molecule has 0 bridgehead atoms. The van der Waals surface area contributed by atoms with Gasteiger partial charge in [0.2, 0.25) is 0 Å². The van der Waals surface area contributed by atoms with Crippen LogP contribution in [0.25, 0.3) is 11.1 Å². The van der Waals surface area contributed by atoms with Crippen LogP contribution in [0.4, 0.5) is 5.69 Å². The molecule has 0 aliphatic heterocycles. The number of hydrogen-bond donors (Lipinski definition) is 3. The number of carbonyl (C=O) groups is 1. The zero-order valence-electron chi connectivity index (χ0n) is 11.8. The normalized spacial score (nSPS) is 10.3. The second-order valence-corrected chi connectivity index (χ2v) is 4.93. The third-order valence-electron chi connectivity index (χ3n) is 3.22. The van der Waals surface area contributed by atoms with Crippen LogP contribution in [-0.4, -0.2) is 42.3 Å². The van der Waals surface area contributed by atoms with Gasteiger partial charge in [-0.15, -0.1) is 0 Å². The van der Waals surface area contributed by atoms with E-state index < -0.39 is 13.1 Å². The van der Waals surface area contributed by atoms with Gasteiger partial charge in [0.05, 0.1) is 5.56 Å². The van der Waals surface area contributed by atoms with Crippen LogP contribution in [0.2, 0.25) is 0 Å². The molecule has 0 amide bonds. The summed E-state index contributed by atoms with van der Waals surface area (Å²) in [5, 5.41) is 27.7. The lowest BCUT2D eigenvalue weighted by molar-refractivity contribution is 0.0697. The first-order valence-electron chi connectivity index (χ1n) is 6.41. The average molecular weight is 285 g/mol. The molecule has 0 radical (unpaired) electrons. The van der Waals surface area contributed by atoms with Gasteiger partial charge in [-0.3, -0.25) is 0 Å². The van der Waals surface area contributed by atoms with E-state index in [1.807, 2.05) is 19.0 Å². The Bertz CT molecular complexity index is 670. The molecule has 21 heavy (non-hydrogen) atoms. The van der Waals surface area contributed by atoms with Crippen LogP contribution in [0.3, 0.4) is 0 Å². The van der Waals surface area contributed by atoms with E-state index in [-0.39, 0.29) is 5.56 Å². The summed E-state index contributed by atoms with van der Waals surface area (Å²) in [5.41, 5.74) is 2.86. The Morgan fingerprint density at radius 1 is 1.10 bits per heavy atom. The molecule has 0 aliphatic rings. The number of aromatic carboxylic acids is 1. The largest absolute Gasteiger partial charge is 0.488 e. The Morgan fingerprint density at radius 3 is 2.38 bits per heavy atom. The average Bonchev–Trinajstić information content (AvgIpc) is 2.46. The molecule has 0 unspecified atom stereocenters. The molecule has 3 N–H and O–H groups in total. The van der Waals surface area contributed by atoms with Crippen molar-refractivity contribution in [3.05, 3.63) is 48.0 Å². The molecule has 0 fully saturated rings. The van der Waals surface area contributed by atoms with Crippen LogP contribution in [0.1, 0.15) is 10.4 Å². The van der Waals surface area contributed by atoms with Crippen LogP contribution in [0, 0.1) is 0 Å². The highest BCUT2D eigenvalue weighted by Gasteiger charge is 2.16. The molecule has 0 saturated heterocycles. The van der Waals surface area contributed by atoms with E-state index in [1.54, 1.807) is 36.4 Å². The fourth-order valence-electron chi connectivity index (χ4n) is 2.16. The minimum absolute atomic E-state index is 0.187. The minimum Gasteiger partial charge on any atom is -0.478 e. The molecule has 0 aromatic heterocycles. The summed E-state index contributed by atoms with van der Waals surface area (Å²) in [4.78, 5) is 13.0. The molecule has 0 aliphatic carbocycles. The number of hydrogen-bond acceptors (Lipinski definition) is 4. The maximum atomic E-state index is 11.1. The Kier molecular flexibility index (Phi) is 4.30. The first kappa shape index (κ1) is 15.1. The van der Waals surface area contributed by atoms with Crippen molar-refractivity contribution in [1.29, 1.82) is 0 Å². The van der Waals surface area contributed by atoms with Crippen LogP contribution >= 0.6 is 0 Å². The number of benzene rings is 2. The quantitative estimate of drug-likeness (QED) is 0.724. The topological polar surface area (TPSA) is 81.0 Å². The van der Waals surface area contributed by atoms with Crippen molar-refractivity contribution in [3.63, 3.8) is 0 Å². The van der Waals surface area contributed by atoms with Gasteiger partial charge in [0.1, 0.15) is 0 Å². The van der Waals surface area contributed by atoms with E-state index in [0.29, 0.717) is 11.0 Å². The van der Waals surface area contributed by atoms with E-state index in [0.717, 1.165) is 11.3 Å². The summed E-state index contributed by atoms with van der Waals surface area (Å²) in [7, 11) is 2.17. The van der Waals surface area contributed by atoms with Crippen LogP contribution < -0.4 is 10.4 Å². The highest BCUT2D eigenvalue weighted by Crippen LogP contribution is 2.29.